The number of halogens is 3. The molecule has 0 aliphatic carbocycles. The van der Waals surface area contributed by atoms with Crippen molar-refractivity contribution in [2.75, 3.05) is 13.1 Å². The van der Waals surface area contributed by atoms with Crippen LogP contribution < -0.4 is 4.72 Å². The summed E-state index contributed by atoms with van der Waals surface area (Å²) in [7, 11) is -3.88. The molecule has 156 valence electrons. The third-order valence-corrected chi connectivity index (χ3v) is 6.27. The van der Waals surface area contributed by atoms with Gasteiger partial charge in [-0.2, -0.15) is 13.2 Å². The van der Waals surface area contributed by atoms with Gasteiger partial charge in [0.15, 0.2) is 0 Å². The van der Waals surface area contributed by atoms with E-state index in [4.69, 9.17) is 0 Å². The van der Waals surface area contributed by atoms with E-state index in [1.807, 2.05) is 6.07 Å². The first-order valence-electron chi connectivity index (χ1n) is 9.16. The Bertz CT molecular complexity index is 962. The summed E-state index contributed by atoms with van der Waals surface area (Å²) in [4.78, 5) is 13.7. The molecule has 1 aliphatic heterocycles. The van der Waals surface area contributed by atoms with Gasteiger partial charge in [0.25, 0.3) is 5.91 Å². The van der Waals surface area contributed by atoms with Crippen molar-refractivity contribution in [1.82, 2.24) is 9.62 Å². The van der Waals surface area contributed by atoms with Crippen LogP contribution in [0.15, 0.2) is 59.5 Å². The average Bonchev–Trinajstić information content (AvgIpc) is 2.72. The molecule has 1 saturated heterocycles. The minimum absolute atomic E-state index is 0.00882. The van der Waals surface area contributed by atoms with Crippen molar-refractivity contribution in [3.05, 3.63) is 65.7 Å². The molecule has 0 radical (unpaired) electrons. The van der Waals surface area contributed by atoms with Gasteiger partial charge in [0.2, 0.25) is 10.0 Å². The third-order valence-electron chi connectivity index (χ3n) is 4.87. The fourth-order valence-corrected chi connectivity index (χ4v) is 4.33. The van der Waals surface area contributed by atoms with Crippen LogP contribution in [0.25, 0.3) is 0 Å². The molecule has 9 heteroatoms. The van der Waals surface area contributed by atoms with Gasteiger partial charge in [0.05, 0.1) is 10.8 Å². The fraction of sp³-hybridized carbons (Fsp3) is 0.350. The molecule has 2 aromatic rings. The molecule has 2 aromatic carbocycles. The fourth-order valence-electron chi connectivity index (χ4n) is 3.27. The highest BCUT2D eigenvalue weighted by Gasteiger charge is 2.42. The lowest BCUT2D eigenvalue weighted by atomic mass is 9.97. The van der Waals surface area contributed by atoms with Gasteiger partial charge in [-0.1, -0.05) is 36.4 Å². The molecule has 3 rings (SSSR count). The maximum absolute atomic E-state index is 13.0. The van der Waals surface area contributed by atoms with Crippen LogP contribution in [0, 0.1) is 5.92 Å². The largest absolute Gasteiger partial charge is 0.393 e. The Morgan fingerprint density at radius 2 is 1.83 bits per heavy atom. The first kappa shape index (κ1) is 21.3. The molecular formula is C20H21F3N2O3S. The molecule has 1 atom stereocenters. The van der Waals surface area contributed by atoms with E-state index in [0.29, 0.717) is 0 Å². The molecule has 29 heavy (non-hydrogen) atoms. The van der Waals surface area contributed by atoms with Crippen LogP contribution in [-0.4, -0.2) is 38.5 Å². The van der Waals surface area contributed by atoms with E-state index < -0.39 is 34.6 Å². The molecule has 1 heterocycles. The lowest BCUT2D eigenvalue weighted by Gasteiger charge is -2.33. The number of benzene rings is 2. The number of nitrogens with one attached hydrogen (secondary N) is 1. The summed E-state index contributed by atoms with van der Waals surface area (Å²) < 4.78 is 66.6. The van der Waals surface area contributed by atoms with E-state index in [-0.39, 0.29) is 36.4 Å². The standard InChI is InChI=1S/C20H21F3N2O3S/c21-20(22,23)17-9-5-11-25(14-17)19(26)16-8-4-10-18(12-16)29(27,28)24-13-15-6-2-1-3-7-15/h1-4,6-8,10,12,17,24H,5,9,11,13-14H2/t17-/m1/s1. The number of carbonyl (C=O) groups excluding carboxylic acids is 1. The Kier molecular flexibility index (Phi) is 6.28. The van der Waals surface area contributed by atoms with Crippen LogP contribution in [0.1, 0.15) is 28.8 Å². The van der Waals surface area contributed by atoms with Crippen LogP contribution in [0.5, 0.6) is 0 Å². The van der Waals surface area contributed by atoms with Gasteiger partial charge in [-0.05, 0) is 36.6 Å². The van der Waals surface area contributed by atoms with E-state index in [2.05, 4.69) is 4.72 Å². The zero-order chi connectivity index (χ0) is 21.1. The van der Waals surface area contributed by atoms with Crippen molar-refractivity contribution in [3.8, 4) is 0 Å². The summed E-state index contributed by atoms with van der Waals surface area (Å²) in [5, 5.41) is 0. The number of alkyl halides is 3. The summed E-state index contributed by atoms with van der Waals surface area (Å²) in [5.41, 5.74) is 0.824. The van der Waals surface area contributed by atoms with E-state index >= 15 is 0 Å². The van der Waals surface area contributed by atoms with Crippen LogP contribution in [0.3, 0.4) is 0 Å². The lowest BCUT2D eigenvalue weighted by molar-refractivity contribution is -0.184. The predicted octanol–water partition coefficient (Wildman–Crippen LogP) is 3.58. The minimum Gasteiger partial charge on any atom is -0.338 e. The second-order valence-electron chi connectivity index (χ2n) is 6.97. The molecule has 5 nitrogen and oxygen atoms in total. The Morgan fingerprint density at radius 3 is 2.52 bits per heavy atom. The minimum atomic E-state index is -4.36. The Balaban J connectivity index is 1.73. The highest BCUT2D eigenvalue weighted by Crippen LogP contribution is 2.33. The smallest absolute Gasteiger partial charge is 0.338 e. The normalized spacial score (nSPS) is 17.9. The molecular weight excluding hydrogens is 405 g/mol. The van der Waals surface area contributed by atoms with Gasteiger partial charge in [0.1, 0.15) is 0 Å². The Morgan fingerprint density at radius 1 is 1.10 bits per heavy atom. The van der Waals surface area contributed by atoms with Crippen molar-refractivity contribution < 1.29 is 26.4 Å². The monoisotopic (exact) mass is 426 g/mol. The summed E-state index contributed by atoms with van der Waals surface area (Å²) in [6.07, 6.45) is -4.11. The van der Waals surface area contributed by atoms with Gasteiger partial charge in [-0.3, -0.25) is 4.79 Å². The number of piperidine rings is 1. The zero-order valence-electron chi connectivity index (χ0n) is 15.5. The summed E-state index contributed by atoms with van der Waals surface area (Å²) >= 11 is 0. The number of hydrogen-bond acceptors (Lipinski definition) is 3. The number of rotatable bonds is 5. The van der Waals surface area contributed by atoms with Gasteiger partial charge >= 0.3 is 6.18 Å². The van der Waals surface area contributed by atoms with Gasteiger partial charge < -0.3 is 4.90 Å². The zero-order valence-corrected chi connectivity index (χ0v) is 16.3. The highest BCUT2D eigenvalue weighted by atomic mass is 32.2. The van der Waals surface area contributed by atoms with Crippen LogP contribution in [0.2, 0.25) is 0 Å². The maximum Gasteiger partial charge on any atom is 0.393 e. The molecule has 1 aliphatic rings. The topological polar surface area (TPSA) is 66.5 Å². The second kappa shape index (κ2) is 8.54. The summed E-state index contributed by atoms with van der Waals surface area (Å²) in [6, 6.07) is 14.3. The first-order chi connectivity index (χ1) is 13.7. The van der Waals surface area contributed by atoms with Crippen molar-refractivity contribution in [1.29, 1.82) is 0 Å². The number of nitrogens with zero attached hydrogens (tertiary/aromatic N) is 1. The lowest BCUT2D eigenvalue weighted by Crippen LogP contribution is -2.44. The maximum atomic E-state index is 13.0. The number of hydrogen-bond donors (Lipinski definition) is 1. The number of likely N-dealkylation sites (tertiary alicyclic amines) is 1. The molecule has 0 spiro atoms. The highest BCUT2D eigenvalue weighted by molar-refractivity contribution is 7.89. The van der Waals surface area contributed by atoms with E-state index in [0.717, 1.165) is 10.5 Å². The Labute approximate surface area is 167 Å². The van der Waals surface area contributed by atoms with Crippen LogP contribution in [-0.2, 0) is 16.6 Å². The third kappa shape index (κ3) is 5.36. The van der Waals surface area contributed by atoms with E-state index in [1.54, 1.807) is 24.3 Å². The van der Waals surface area contributed by atoms with Crippen molar-refractivity contribution in [2.45, 2.75) is 30.5 Å². The molecule has 0 unspecified atom stereocenters. The molecule has 0 saturated carbocycles. The predicted molar refractivity (Wildman–Crippen MR) is 102 cm³/mol. The average molecular weight is 426 g/mol. The first-order valence-corrected chi connectivity index (χ1v) is 10.6. The van der Waals surface area contributed by atoms with Gasteiger partial charge in [-0.15, -0.1) is 0 Å². The SMILES string of the molecule is O=C(c1cccc(S(=O)(=O)NCc2ccccc2)c1)N1CCC[C@@H](C(F)(F)F)C1. The molecule has 1 N–H and O–H groups in total. The Hall–Kier alpha value is -2.39. The van der Waals surface area contributed by atoms with Crippen LogP contribution >= 0.6 is 0 Å². The molecule has 1 amide bonds. The van der Waals surface area contributed by atoms with Gasteiger partial charge in [-0.25, -0.2) is 13.1 Å². The van der Waals surface area contributed by atoms with Crippen molar-refractivity contribution >= 4 is 15.9 Å². The summed E-state index contributed by atoms with van der Waals surface area (Å²) in [6.45, 7) is -0.110. The van der Waals surface area contributed by atoms with Gasteiger partial charge in [0, 0.05) is 25.2 Å². The van der Waals surface area contributed by atoms with Crippen molar-refractivity contribution in [2.24, 2.45) is 5.92 Å². The van der Waals surface area contributed by atoms with E-state index in [1.165, 1.54) is 24.3 Å². The second-order valence-corrected chi connectivity index (χ2v) is 8.74. The molecule has 0 aromatic heterocycles. The van der Waals surface area contributed by atoms with E-state index in [9.17, 15) is 26.4 Å². The van der Waals surface area contributed by atoms with Crippen molar-refractivity contribution in [3.63, 3.8) is 0 Å². The quantitative estimate of drug-likeness (QED) is 0.795. The molecule has 1 fully saturated rings. The number of sulfonamides is 1. The number of amides is 1. The number of carbonyl (C=O) groups is 1. The van der Waals surface area contributed by atoms with Crippen LogP contribution in [0.4, 0.5) is 13.2 Å². The molecule has 0 bridgehead atoms. The summed E-state index contributed by atoms with van der Waals surface area (Å²) in [5.74, 6) is -2.15.